The lowest BCUT2D eigenvalue weighted by Gasteiger charge is -2.21. The smallest absolute Gasteiger partial charge is 0.352 e. The van der Waals surface area contributed by atoms with Crippen LogP contribution in [-0.4, -0.2) is 28.0 Å². The van der Waals surface area contributed by atoms with Gasteiger partial charge in [0.25, 0.3) is 0 Å². The van der Waals surface area contributed by atoms with Crippen LogP contribution in [0.25, 0.3) is 5.65 Å². The first kappa shape index (κ1) is 22.4. The maximum absolute atomic E-state index is 13.0. The summed E-state index contributed by atoms with van der Waals surface area (Å²) in [7, 11) is -3.56. The third-order valence-corrected chi connectivity index (χ3v) is 8.96. The number of pyridine rings is 1. The van der Waals surface area contributed by atoms with E-state index in [1.54, 1.807) is 18.2 Å². The van der Waals surface area contributed by atoms with E-state index in [9.17, 15) is 18.5 Å². The molecule has 4 rings (SSSR count). The summed E-state index contributed by atoms with van der Waals surface area (Å²) in [6.07, 6.45) is 5.30. The van der Waals surface area contributed by atoms with Crippen molar-refractivity contribution in [2.75, 3.05) is 0 Å². The Labute approximate surface area is 193 Å². The Kier molecular flexibility index (Phi) is 6.48. The van der Waals surface area contributed by atoms with Crippen molar-refractivity contribution < 1.29 is 13.3 Å². The van der Waals surface area contributed by atoms with Crippen molar-refractivity contribution in [1.82, 2.24) is 9.38 Å². The molecule has 0 aliphatic heterocycles. The van der Waals surface area contributed by atoms with E-state index in [0.29, 0.717) is 28.4 Å². The maximum atomic E-state index is 13.0. The van der Waals surface area contributed by atoms with Gasteiger partial charge in [-0.1, -0.05) is 54.2 Å². The number of aromatic nitrogens is 2. The quantitative estimate of drug-likeness (QED) is 0.307. The molecule has 0 atom stereocenters. The molecular formula is C20H19Cl2N3O4S2. The van der Waals surface area contributed by atoms with Crippen LogP contribution in [0.5, 0.6) is 0 Å². The van der Waals surface area contributed by atoms with Gasteiger partial charge in [0.2, 0.25) is 5.65 Å². The summed E-state index contributed by atoms with van der Waals surface area (Å²) < 4.78 is 27.2. The predicted molar refractivity (Wildman–Crippen MR) is 122 cm³/mol. The number of halogens is 2. The van der Waals surface area contributed by atoms with Gasteiger partial charge in [-0.15, -0.1) is 0 Å². The van der Waals surface area contributed by atoms with Gasteiger partial charge in [0, 0.05) is 9.92 Å². The molecule has 1 fully saturated rings. The average molecular weight is 500 g/mol. The van der Waals surface area contributed by atoms with Crippen LogP contribution in [0.4, 0.5) is 5.82 Å². The SMILES string of the molecule is O=[N+]([O-])c1c(CS(=O)(=O)C2CCCCC2)nc2c(Sc3ccc(Cl)cc3)cc(Cl)cn12. The van der Waals surface area contributed by atoms with Gasteiger partial charge in [0.1, 0.15) is 11.9 Å². The summed E-state index contributed by atoms with van der Waals surface area (Å²) in [6, 6.07) is 8.77. The number of hydrogen-bond donors (Lipinski definition) is 0. The summed E-state index contributed by atoms with van der Waals surface area (Å²) in [5, 5.41) is 12.3. The minimum absolute atomic E-state index is 0.0594. The summed E-state index contributed by atoms with van der Waals surface area (Å²) >= 11 is 13.5. The fourth-order valence-electron chi connectivity index (χ4n) is 3.85. The molecule has 164 valence electrons. The van der Waals surface area contributed by atoms with E-state index in [4.69, 9.17) is 23.2 Å². The van der Waals surface area contributed by atoms with Gasteiger partial charge >= 0.3 is 5.82 Å². The Balaban J connectivity index is 1.78. The fourth-order valence-corrected chi connectivity index (χ4v) is 7.05. The molecular weight excluding hydrogens is 481 g/mol. The van der Waals surface area contributed by atoms with E-state index >= 15 is 0 Å². The Morgan fingerprint density at radius 1 is 1.13 bits per heavy atom. The van der Waals surface area contributed by atoms with Gasteiger partial charge in [-0.05, 0) is 48.1 Å². The maximum Gasteiger partial charge on any atom is 0.352 e. The highest BCUT2D eigenvalue weighted by atomic mass is 35.5. The zero-order chi connectivity index (χ0) is 22.2. The lowest BCUT2D eigenvalue weighted by Crippen LogP contribution is -2.25. The van der Waals surface area contributed by atoms with Crippen LogP contribution in [0, 0.1) is 10.1 Å². The Bertz CT molecular complexity index is 1240. The van der Waals surface area contributed by atoms with E-state index in [1.165, 1.54) is 22.4 Å². The molecule has 0 spiro atoms. The normalized spacial score (nSPS) is 15.4. The molecule has 0 amide bonds. The number of benzene rings is 1. The van der Waals surface area contributed by atoms with Crippen LogP contribution in [0.1, 0.15) is 37.8 Å². The monoisotopic (exact) mass is 499 g/mol. The standard InChI is InChI=1S/C20H19Cl2N3O4S2/c21-13-6-8-15(9-7-13)30-18-10-14(22)11-24-19(18)23-17(20(24)25(26)27)12-31(28,29)16-4-2-1-3-5-16/h6-11,16H,1-5,12H2. The van der Waals surface area contributed by atoms with Crippen LogP contribution in [0.15, 0.2) is 46.3 Å². The highest BCUT2D eigenvalue weighted by Crippen LogP contribution is 2.37. The van der Waals surface area contributed by atoms with Crippen molar-refractivity contribution in [2.45, 2.75) is 52.9 Å². The zero-order valence-corrected chi connectivity index (χ0v) is 19.5. The topological polar surface area (TPSA) is 94.6 Å². The van der Waals surface area contributed by atoms with Crippen LogP contribution in [0.3, 0.4) is 0 Å². The highest BCUT2D eigenvalue weighted by Gasteiger charge is 2.33. The lowest BCUT2D eigenvalue weighted by atomic mass is 10.0. The number of nitrogens with zero attached hydrogens (tertiary/aromatic N) is 3. The molecule has 1 saturated carbocycles. The molecule has 0 unspecified atom stereocenters. The van der Waals surface area contributed by atoms with E-state index in [1.807, 2.05) is 12.1 Å². The molecule has 11 heteroatoms. The molecule has 2 aromatic heterocycles. The third-order valence-electron chi connectivity index (χ3n) is 5.31. The molecule has 1 aromatic carbocycles. The molecule has 1 aliphatic carbocycles. The Morgan fingerprint density at radius 2 is 1.81 bits per heavy atom. The number of hydrogen-bond acceptors (Lipinski definition) is 6. The van der Waals surface area contributed by atoms with Crippen LogP contribution >= 0.6 is 35.0 Å². The molecule has 2 heterocycles. The number of fused-ring (bicyclic) bond motifs is 1. The van der Waals surface area contributed by atoms with Gasteiger partial charge in [-0.25, -0.2) is 13.4 Å². The lowest BCUT2D eigenvalue weighted by molar-refractivity contribution is -0.391. The summed E-state index contributed by atoms with van der Waals surface area (Å²) in [6.45, 7) is 0. The predicted octanol–water partition coefficient (Wildman–Crippen LogP) is 5.95. The Hall–Kier alpha value is -1.81. The molecule has 0 radical (unpaired) electrons. The number of sulfone groups is 1. The van der Waals surface area contributed by atoms with Gasteiger partial charge < -0.3 is 10.1 Å². The van der Waals surface area contributed by atoms with Crippen molar-refractivity contribution in [1.29, 1.82) is 0 Å². The van der Waals surface area contributed by atoms with Crippen molar-refractivity contribution >= 4 is 56.3 Å². The summed E-state index contributed by atoms with van der Waals surface area (Å²) in [4.78, 5) is 17.1. The van der Waals surface area contributed by atoms with E-state index in [2.05, 4.69) is 4.98 Å². The van der Waals surface area contributed by atoms with Crippen molar-refractivity contribution in [3.8, 4) is 0 Å². The van der Waals surface area contributed by atoms with Crippen molar-refractivity contribution in [3.63, 3.8) is 0 Å². The summed E-state index contributed by atoms with van der Waals surface area (Å²) in [5.74, 6) is -0.826. The van der Waals surface area contributed by atoms with Crippen LogP contribution in [-0.2, 0) is 15.6 Å². The first-order valence-corrected chi connectivity index (χ1v) is 13.0. The molecule has 7 nitrogen and oxygen atoms in total. The largest absolute Gasteiger partial charge is 0.358 e. The second-order valence-electron chi connectivity index (χ2n) is 7.48. The average Bonchev–Trinajstić information content (AvgIpc) is 3.07. The molecule has 31 heavy (non-hydrogen) atoms. The van der Waals surface area contributed by atoms with Gasteiger partial charge in [-0.3, -0.25) is 0 Å². The van der Waals surface area contributed by atoms with E-state index in [-0.39, 0.29) is 16.5 Å². The van der Waals surface area contributed by atoms with Crippen molar-refractivity contribution in [2.24, 2.45) is 0 Å². The number of rotatable bonds is 6. The zero-order valence-electron chi connectivity index (χ0n) is 16.3. The van der Waals surface area contributed by atoms with Crippen LogP contribution in [0.2, 0.25) is 10.0 Å². The molecule has 0 N–H and O–H groups in total. The highest BCUT2D eigenvalue weighted by molar-refractivity contribution is 7.99. The van der Waals surface area contributed by atoms with Gasteiger partial charge in [0.15, 0.2) is 15.5 Å². The molecule has 1 aliphatic rings. The number of nitro groups is 1. The third kappa shape index (κ3) is 4.84. The van der Waals surface area contributed by atoms with E-state index < -0.39 is 25.8 Å². The van der Waals surface area contributed by atoms with Crippen LogP contribution < -0.4 is 0 Å². The summed E-state index contributed by atoms with van der Waals surface area (Å²) in [5.41, 5.74) is 0.237. The first-order valence-electron chi connectivity index (χ1n) is 9.74. The minimum Gasteiger partial charge on any atom is -0.358 e. The molecule has 0 saturated heterocycles. The Morgan fingerprint density at radius 3 is 2.45 bits per heavy atom. The molecule has 3 aromatic rings. The first-order chi connectivity index (χ1) is 14.7. The number of imidazole rings is 1. The molecule has 0 bridgehead atoms. The van der Waals surface area contributed by atoms with Gasteiger partial charge in [0.05, 0.1) is 15.2 Å². The van der Waals surface area contributed by atoms with Gasteiger partial charge in [-0.2, -0.15) is 4.40 Å². The minimum atomic E-state index is -3.56. The second kappa shape index (κ2) is 8.97. The fraction of sp³-hybridized carbons (Fsp3) is 0.350. The van der Waals surface area contributed by atoms with E-state index in [0.717, 1.165) is 24.2 Å². The second-order valence-corrected chi connectivity index (χ2v) is 11.7. The van der Waals surface area contributed by atoms with Crippen molar-refractivity contribution in [3.05, 3.63) is 62.4 Å².